The summed E-state index contributed by atoms with van der Waals surface area (Å²) in [7, 11) is 0. The fourth-order valence-corrected chi connectivity index (χ4v) is 6.94. The number of rotatable bonds is 6. The van der Waals surface area contributed by atoms with Crippen molar-refractivity contribution in [2.24, 2.45) is 11.1 Å². The molecular formula is C30H30N6O2S2. The van der Waals surface area contributed by atoms with Crippen LogP contribution in [0.4, 0.5) is 10.8 Å². The highest BCUT2D eigenvalue weighted by molar-refractivity contribution is 8.01. The third kappa shape index (κ3) is 5.27. The van der Waals surface area contributed by atoms with Crippen LogP contribution < -0.4 is 16.0 Å². The summed E-state index contributed by atoms with van der Waals surface area (Å²) < 4.78 is 0.589. The van der Waals surface area contributed by atoms with E-state index in [1.807, 2.05) is 62.4 Å². The normalized spacial score (nSPS) is 18.4. The molecular weight excluding hydrogens is 541 g/mol. The molecule has 40 heavy (non-hydrogen) atoms. The van der Waals surface area contributed by atoms with Gasteiger partial charge in [-0.1, -0.05) is 79.4 Å². The summed E-state index contributed by atoms with van der Waals surface area (Å²) in [5.41, 5.74) is 11.8. The lowest BCUT2D eigenvalue weighted by Crippen LogP contribution is -2.42. The first-order chi connectivity index (χ1) is 19.1. The lowest BCUT2D eigenvalue weighted by Gasteiger charge is -2.42. The van der Waals surface area contributed by atoms with Crippen molar-refractivity contribution in [3.8, 4) is 6.07 Å². The van der Waals surface area contributed by atoms with Crippen LogP contribution in [0.5, 0.6) is 0 Å². The minimum Gasteiger partial charge on any atom is -0.384 e. The Morgan fingerprint density at radius 3 is 2.65 bits per heavy atom. The number of nitriles is 1. The number of benzene rings is 2. The van der Waals surface area contributed by atoms with Gasteiger partial charge in [0.05, 0.1) is 23.3 Å². The Morgan fingerprint density at radius 2 is 1.93 bits per heavy atom. The Hall–Kier alpha value is -3.94. The van der Waals surface area contributed by atoms with Crippen molar-refractivity contribution in [1.29, 1.82) is 5.26 Å². The van der Waals surface area contributed by atoms with Crippen LogP contribution >= 0.6 is 23.1 Å². The van der Waals surface area contributed by atoms with Gasteiger partial charge in [-0.15, -0.1) is 10.2 Å². The van der Waals surface area contributed by atoms with E-state index in [9.17, 15) is 14.9 Å². The number of aryl methyl sites for hydroxylation is 1. The molecule has 0 bridgehead atoms. The molecule has 3 N–H and O–H groups in total. The quantitative estimate of drug-likeness (QED) is 0.355. The molecule has 10 heteroatoms. The second kappa shape index (κ2) is 10.9. The number of hydrogen-bond donors (Lipinski definition) is 2. The number of Topliss-reactive ketones (excluding diaryl/α,β-unsaturated/α-hetero) is 1. The second-order valence-corrected chi connectivity index (χ2v) is 13.0. The molecule has 0 radical (unpaired) electrons. The molecule has 2 aromatic carbocycles. The molecule has 204 valence electrons. The van der Waals surface area contributed by atoms with E-state index in [1.165, 1.54) is 23.1 Å². The zero-order valence-electron chi connectivity index (χ0n) is 22.8. The maximum atomic E-state index is 13.6. The highest BCUT2D eigenvalue weighted by Gasteiger charge is 2.45. The van der Waals surface area contributed by atoms with Crippen LogP contribution in [0.25, 0.3) is 0 Å². The van der Waals surface area contributed by atoms with Crippen molar-refractivity contribution in [3.05, 3.63) is 87.9 Å². The van der Waals surface area contributed by atoms with E-state index in [4.69, 9.17) is 5.73 Å². The van der Waals surface area contributed by atoms with Crippen LogP contribution in [0.3, 0.4) is 0 Å². The van der Waals surface area contributed by atoms with E-state index in [0.29, 0.717) is 33.5 Å². The minimum absolute atomic E-state index is 0.00702. The Balaban J connectivity index is 1.45. The Kier molecular flexibility index (Phi) is 7.53. The number of anilines is 2. The van der Waals surface area contributed by atoms with Crippen LogP contribution in [-0.4, -0.2) is 27.6 Å². The number of nitrogens with one attached hydrogen (secondary N) is 1. The number of nitrogens with zero attached hydrogens (tertiary/aromatic N) is 4. The van der Waals surface area contributed by atoms with Crippen molar-refractivity contribution in [1.82, 2.24) is 10.2 Å². The van der Waals surface area contributed by atoms with Gasteiger partial charge in [-0.2, -0.15) is 5.26 Å². The lowest BCUT2D eigenvalue weighted by atomic mass is 9.69. The number of carbonyl (C=O) groups excluding carboxylic acids is 2. The molecule has 8 nitrogen and oxygen atoms in total. The summed E-state index contributed by atoms with van der Waals surface area (Å²) in [6.07, 6.45) is 0.978. The fraction of sp³-hybridized carbons (Fsp3) is 0.300. The number of allylic oxidation sites excluding steroid dienone is 3. The van der Waals surface area contributed by atoms with Gasteiger partial charge < -0.3 is 11.1 Å². The Labute approximate surface area is 242 Å². The van der Waals surface area contributed by atoms with Gasteiger partial charge in [0.1, 0.15) is 5.82 Å². The number of nitrogens with two attached hydrogens (primary N) is 1. The van der Waals surface area contributed by atoms with Gasteiger partial charge in [-0.05, 0) is 48.4 Å². The SMILES string of the molecule is Cc1cccc(NC(=O)CSc2nnc(N3C(N)=C(C#N)C(c4ccccc4)C4=C3CC(C)(C)CC4=O)s2)c1C. The number of ketones is 1. The topological polar surface area (TPSA) is 125 Å². The van der Waals surface area contributed by atoms with Gasteiger partial charge in [0, 0.05) is 23.4 Å². The predicted octanol–water partition coefficient (Wildman–Crippen LogP) is 5.83. The smallest absolute Gasteiger partial charge is 0.234 e. The van der Waals surface area contributed by atoms with Crippen molar-refractivity contribution in [3.63, 3.8) is 0 Å². The van der Waals surface area contributed by atoms with E-state index in [0.717, 1.165) is 28.1 Å². The van der Waals surface area contributed by atoms with Crippen LogP contribution in [0.15, 0.2) is 75.5 Å². The zero-order chi connectivity index (χ0) is 28.6. The molecule has 1 aromatic heterocycles. The summed E-state index contributed by atoms with van der Waals surface area (Å²) in [6, 6.07) is 17.6. The molecule has 2 aliphatic rings. The van der Waals surface area contributed by atoms with Gasteiger partial charge >= 0.3 is 0 Å². The summed E-state index contributed by atoms with van der Waals surface area (Å²) in [5.74, 6) is -0.258. The van der Waals surface area contributed by atoms with E-state index in [2.05, 4.69) is 35.4 Å². The van der Waals surface area contributed by atoms with Gasteiger partial charge in [-0.25, -0.2) is 0 Å². The monoisotopic (exact) mass is 570 g/mol. The second-order valence-electron chi connectivity index (χ2n) is 10.8. The molecule has 1 aliphatic carbocycles. The van der Waals surface area contributed by atoms with E-state index < -0.39 is 5.92 Å². The highest BCUT2D eigenvalue weighted by atomic mass is 32.2. The molecule has 0 spiro atoms. The van der Waals surface area contributed by atoms with Crippen molar-refractivity contribution >= 4 is 45.6 Å². The van der Waals surface area contributed by atoms with Crippen molar-refractivity contribution < 1.29 is 9.59 Å². The van der Waals surface area contributed by atoms with Crippen molar-refractivity contribution in [2.75, 3.05) is 16.0 Å². The van der Waals surface area contributed by atoms with E-state index in [-0.39, 0.29) is 28.7 Å². The van der Waals surface area contributed by atoms with Gasteiger partial charge in [-0.3, -0.25) is 14.5 Å². The number of amides is 1. The average molecular weight is 571 g/mol. The molecule has 1 unspecified atom stereocenters. The van der Waals surface area contributed by atoms with E-state index >= 15 is 0 Å². The number of aromatic nitrogens is 2. The maximum Gasteiger partial charge on any atom is 0.234 e. The molecule has 0 saturated heterocycles. The Morgan fingerprint density at radius 1 is 1.18 bits per heavy atom. The van der Waals surface area contributed by atoms with E-state index in [1.54, 1.807) is 4.90 Å². The molecule has 5 rings (SSSR count). The molecule has 0 fully saturated rings. The third-order valence-corrected chi connectivity index (χ3v) is 9.35. The largest absolute Gasteiger partial charge is 0.384 e. The van der Waals surface area contributed by atoms with Gasteiger partial charge in [0.25, 0.3) is 0 Å². The first-order valence-electron chi connectivity index (χ1n) is 12.9. The summed E-state index contributed by atoms with van der Waals surface area (Å²) in [6.45, 7) is 8.09. The van der Waals surface area contributed by atoms with Crippen molar-refractivity contribution in [2.45, 2.75) is 50.8 Å². The van der Waals surface area contributed by atoms with Crippen LogP contribution in [0.1, 0.15) is 49.3 Å². The number of thioether (sulfide) groups is 1. The standard InChI is InChI=1S/C30H30N6O2S2/c1-17-9-8-12-21(18(17)2)33-24(38)16-39-29-35-34-28(40-29)36-22-13-30(3,4)14-23(37)26(22)25(20(15-31)27(36)32)19-10-6-5-7-11-19/h5-12,25H,13-14,16,32H2,1-4H3,(H,33,38). The molecule has 1 amide bonds. The molecule has 3 aromatic rings. The summed E-state index contributed by atoms with van der Waals surface area (Å²) >= 11 is 2.56. The van der Waals surface area contributed by atoms with Crippen LogP contribution in [0.2, 0.25) is 0 Å². The summed E-state index contributed by atoms with van der Waals surface area (Å²) in [5, 5.41) is 22.3. The molecule has 2 heterocycles. The molecule has 1 atom stereocenters. The first-order valence-corrected chi connectivity index (χ1v) is 14.7. The van der Waals surface area contributed by atoms with Gasteiger partial charge in [0.15, 0.2) is 10.1 Å². The first kappa shape index (κ1) is 27.6. The predicted molar refractivity (Wildman–Crippen MR) is 159 cm³/mol. The number of carbonyl (C=O) groups is 2. The third-order valence-electron chi connectivity index (χ3n) is 7.31. The fourth-order valence-electron chi connectivity index (χ4n) is 5.26. The summed E-state index contributed by atoms with van der Waals surface area (Å²) in [4.78, 5) is 28.0. The number of hydrogen-bond acceptors (Lipinski definition) is 9. The molecule has 0 saturated carbocycles. The Bertz CT molecular complexity index is 1600. The average Bonchev–Trinajstić information content (AvgIpc) is 3.37. The van der Waals surface area contributed by atoms with Crippen LogP contribution in [0, 0.1) is 30.6 Å². The maximum absolute atomic E-state index is 13.6. The zero-order valence-corrected chi connectivity index (χ0v) is 24.4. The highest BCUT2D eigenvalue weighted by Crippen LogP contribution is 2.50. The lowest BCUT2D eigenvalue weighted by molar-refractivity contribution is -0.118. The minimum atomic E-state index is -0.531. The van der Waals surface area contributed by atoms with Gasteiger partial charge in [0.2, 0.25) is 11.0 Å². The van der Waals surface area contributed by atoms with Crippen LogP contribution in [-0.2, 0) is 9.59 Å². The molecule has 1 aliphatic heterocycles.